The molecule has 7 N–H and O–H groups in total. The summed E-state index contributed by atoms with van der Waals surface area (Å²) in [6.45, 7) is 0. The van der Waals surface area contributed by atoms with Crippen LogP contribution in [0.25, 0.3) is 5.69 Å². The van der Waals surface area contributed by atoms with Crippen LogP contribution >= 0.6 is 0 Å². The standard InChI is InChI=1S/C18H14N4O9S/c19-12-6-9(2-4-14(12)32(29,30)31)22-15(23)7-13(21-22)16(24)20-8-1-3-10(17(25)26)11(5-8)18(27)28/h1-7,21H,19H2,(H,20,24)(H,25,26)(H,27,28)(H,29,30,31). The predicted octanol–water partition coefficient (Wildman–Crippen LogP) is 0.643. The summed E-state index contributed by atoms with van der Waals surface area (Å²) in [5, 5.41) is 23.0. The summed E-state index contributed by atoms with van der Waals surface area (Å²) in [7, 11) is -4.57. The molecule has 0 aliphatic rings. The zero-order valence-electron chi connectivity index (χ0n) is 15.8. The normalized spacial score (nSPS) is 11.2. The third kappa shape index (κ3) is 4.35. The topological polar surface area (TPSA) is 222 Å². The van der Waals surface area contributed by atoms with Crippen LogP contribution in [0.4, 0.5) is 11.4 Å². The number of H-pyrrole nitrogens is 1. The molecular weight excluding hydrogens is 448 g/mol. The summed E-state index contributed by atoms with van der Waals surface area (Å²) in [6.07, 6.45) is 0. The number of aromatic amines is 1. The van der Waals surface area contributed by atoms with E-state index in [0.29, 0.717) is 0 Å². The Morgan fingerprint density at radius 1 is 0.969 bits per heavy atom. The maximum absolute atomic E-state index is 12.5. The first-order chi connectivity index (χ1) is 14.9. The maximum atomic E-state index is 12.5. The van der Waals surface area contributed by atoms with E-state index in [1.165, 1.54) is 12.1 Å². The van der Waals surface area contributed by atoms with Crippen molar-refractivity contribution < 1.29 is 37.6 Å². The summed E-state index contributed by atoms with van der Waals surface area (Å²) in [5.41, 5.74) is 3.33. The Labute approximate surface area is 178 Å². The van der Waals surface area contributed by atoms with Gasteiger partial charge in [-0.15, -0.1) is 0 Å². The molecule has 0 bridgehead atoms. The number of carboxylic acid groups (broad SMARTS) is 2. The fourth-order valence-corrected chi connectivity index (χ4v) is 3.39. The zero-order chi connectivity index (χ0) is 23.8. The number of carbonyl (C=O) groups is 3. The van der Waals surface area contributed by atoms with Crippen molar-refractivity contribution in [2.24, 2.45) is 0 Å². The molecule has 0 saturated carbocycles. The lowest BCUT2D eigenvalue weighted by Gasteiger charge is -2.08. The van der Waals surface area contributed by atoms with Gasteiger partial charge in [0.15, 0.2) is 0 Å². The van der Waals surface area contributed by atoms with Gasteiger partial charge in [0, 0.05) is 11.8 Å². The number of hydrogen-bond acceptors (Lipinski definition) is 7. The van der Waals surface area contributed by atoms with E-state index < -0.39 is 49.5 Å². The molecular formula is C18H14N4O9S. The van der Waals surface area contributed by atoms with Gasteiger partial charge in [0.1, 0.15) is 10.6 Å². The summed E-state index contributed by atoms with van der Waals surface area (Å²) in [4.78, 5) is 46.5. The molecule has 13 nitrogen and oxygen atoms in total. The highest BCUT2D eigenvalue weighted by Crippen LogP contribution is 2.21. The van der Waals surface area contributed by atoms with Gasteiger partial charge < -0.3 is 21.3 Å². The van der Waals surface area contributed by atoms with E-state index in [4.69, 9.17) is 20.5 Å². The number of aromatic nitrogens is 2. The van der Waals surface area contributed by atoms with E-state index in [0.717, 1.165) is 35.0 Å². The van der Waals surface area contributed by atoms with Crippen molar-refractivity contribution in [2.45, 2.75) is 4.90 Å². The zero-order valence-corrected chi connectivity index (χ0v) is 16.6. The third-order valence-corrected chi connectivity index (χ3v) is 5.16. The minimum absolute atomic E-state index is 0.0345. The van der Waals surface area contributed by atoms with E-state index in [-0.39, 0.29) is 22.8 Å². The van der Waals surface area contributed by atoms with Gasteiger partial charge in [-0.3, -0.25) is 19.2 Å². The fraction of sp³-hybridized carbons (Fsp3) is 0. The molecule has 32 heavy (non-hydrogen) atoms. The molecule has 1 amide bonds. The first-order valence-electron chi connectivity index (χ1n) is 8.50. The van der Waals surface area contributed by atoms with E-state index in [1.807, 2.05) is 0 Å². The summed E-state index contributed by atoms with van der Waals surface area (Å²) < 4.78 is 32.5. The van der Waals surface area contributed by atoms with Crippen LogP contribution in [0, 0.1) is 0 Å². The van der Waals surface area contributed by atoms with E-state index in [1.54, 1.807) is 0 Å². The number of nitrogen functional groups attached to an aromatic ring is 1. The molecule has 3 rings (SSSR count). The highest BCUT2D eigenvalue weighted by molar-refractivity contribution is 7.86. The van der Waals surface area contributed by atoms with Crippen LogP contribution in [0.2, 0.25) is 0 Å². The minimum atomic E-state index is -4.57. The van der Waals surface area contributed by atoms with Gasteiger partial charge in [0.05, 0.1) is 22.5 Å². The summed E-state index contributed by atoms with van der Waals surface area (Å²) >= 11 is 0. The molecule has 0 radical (unpaired) electrons. The second-order valence-corrected chi connectivity index (χ2v) is 7.76. The van der Waals surface area contributed by atoms with Crippen molar-refractivity contribution in [3.8, 4) is 5.69 Å². The van der Waals surface area contributed by atoms with Crippen molar-refractivity contribution >= 4 is 39.3 Å². The number of nitrogens with two attached hydrogens (primary N) is 1. The van der Waals surface area contributed by atoms with Crippen molar-refractivity contribution in [2.75, 3.05) is 11.1 Å². The van der Waals surface area contributed by atoms with Gasteiger partial charge in [-0.05, 0) is 36.4 Å². The Morgan fingerprint density at radius 3 is 2.19 bits per heavy atom. The number of nitrogens with one attached hydrogen (secondary N) is 2. The lowest BCUT2D eigenvalue weighted by Crippen LogP contribution is -2.15. The average Bonchev–Trinajstić information content (AvgIpc) is 3.08. The molecule has 3 aromatic rings. The van der Waals surface area contributed by atoms with Crippen molar-refractivity contribution in [3.05, 3.63) is 69.6 Å². The number of amides is 1. The second-order valence-electron chi connectivity index (χ2n) is 6.37. The Hall–Kier alpha value is -4.43. The number of hydrogen-bond donors (Lipinski definition) is 6. The van der Waals surface area contributed by atoms with E-state index >= 15 is 0 Å². The first-order valence-corrected chi connectivity index (χ1v) is 9.94. The average molecular weight is 462 g/mol. The predicted molar refractivity (Wildman–Crippen MR) is 109 cm³/mol. The lowest BCUT2D eigenvalue weighted by atomic mass is 10.1. The van der Waals surface area contributed by atoms with Crippen LogP contribution in [0.1, 0.15) is 31.2 Å². The Balaban J connectivity index is 1.91. The molecule has 0 aliphatic heterocycles. The lowest BCUT2D eigenvalue weighted by molar-refractivity contribution is 0.0651. The van der Waals surface area contributed by atoms with Crippen LogP contribution in [-0.4, -0.2) is 50.8 Å². The molecule has 0 atom stereocenters. The van der Waals surface area contributed by atoms with Crippen LogP contribution in [0.5, 0.6) is 0 Å². The fourth-order valence-electron chi connectivity index (χ4n) is 2.80. The Kier molecular flexibility index (Phi) is 5.57. The van der Waals surface area contributed by atoms with Gasteiger partial charge in [-0.25, -0.2) is 14.3 Å². The van der Waals surface area contributed by atoms with Crippen LogP contribution in [0.15, 0.2) is 52.2 Å². The number of carboxylic acids is 2. The number of nitrogens with zero attached hydrogens (tertiary/aromatic N) is 1. The largest absolute Gasteiger partial charge is 0.478 e. The molecule has 1 heterocycles. The van der Waals surface area contributed by atoms with Crippen LogP contribution in [-0.2, 0) is 10.1 Å². The van der Waals surface area contributed by atoms with Gasteiger partial charge in [0.25, 0.3) is 21.6 Å². The Morgan fingerprint density at radius 2 is 1.62 bits per heavy atom. The van der Waals surface area contributed by atoms with Gasteiger partial charge in [0.2, 0.25) is 0 Å². The van der Waals surface area contributed by atoms with E-state index in [2.05, 4.69) is 10.4 Å². The van der Waals surface area contributed by atoms with Crippen molar-refractivity contribution in [1.29, 1.82) is 0 Å². The van der Waals surface area contributed by atoms with Crippen LogP contribution < -0.4 is 16.6 Å². The van der Waals surface area contributed by atoms with Gasteiger partial charge >= 0.3 is 11.9 Å². The summed E-state index contributed by atoms with van der Waals surface area (Å²) in [5.74, 6) is -3.81. The monoisotopic (exact) mass is 462 g/mol. The molecule has 0 aliphatic carbocycles. The van der Waals surface area contributed by atoms with Crippen molar-refractivity contribution in [3.63, 3.8) is 0 Å². The molecule has 1 aromatic heterocycles. The van der Waals surface area contributed by atoms with Gasteiger partial charge in [-0.2, -0.15) is 8.42 Å². The third-order valence-electron chi connectivity index (χ3n) is 4.23. The number of aromatic carboxylic acids is 2. The number of carbonyl (C=O) groups excluding carboxylic acids is 1. The van der Waals surface area contributed by atoms with Crippen molar-refractivity contribution in [1.82, 2.24) is 9.78 Å². The first kappa shape index (κ1) is 22.3. The molecule has 0 unspecified atom stereocenters. The second kappa shape index (κ2) is 8.01. The highest BCUT2D eigenvalue weighted by atomic mass is 32.2. The van der Waals surface area contributed by atoms with Gasteiger partial charge in [-0.1, -0.05) is 0 Å². The minimum Gasteiger partial charge on any atom is -0.478 e. The van der Waals surface area contributed by atoms with E-state index in [9.17, 15) is 27.6 Å². The number of anilines is 2. The molecule has 0 saturated heterocycles. The highest BCUT2D eigenvalue weighted by Gasteiger charge is 2.19. The molecule has 0 spiro atoms. The smallest absolute Gasteiger partial charge is 0.336 e. The molecule has 14 heteroatoms. The van der Waals surface area contributed by atoms with Crippen LogP contribution in [0.3, 0.4) is 0 Å². The Bertz CT molecular complexity index is 1440. The number of benzene rings is 2. The maximum Gasteiger partial charge on any atom is 0.336 e. The summed E-state index contributed by atoms with van der Waals surface area (Å²) in [6, 6.07) is 7.30. The quantitative estimate of drug-likeness (QED) is 0.221. The molecule has 166 valence electrons. The molecule has 2 aromatic carbocycles. The molecule has 0 fully saturated rings. The number of rotatable bonds is 6. The SMILES string of the molecule is Nc1cc(-n2[nH]c(C(=O)Nc3ccc(C(=O)O)c(C(=O)O)c3)cc2=O)ccc1S(=O)(=O)O.